The predicted molar refractivity (Wildman–Crippen MR) is 77.1 cm³/mol. The lowest BCUT2D eigenvalue weighted by molar-refractivity contribution is 0.755. The van der Waals surface area contributed by atoms with E-state index in [0.29, 0.717) is 11.6 Å². The summed E-state index contributed by atoms with van der Waals surface area (Å²) in [6.45, 7) is 4.06. The van der Waals surface area contributed by atoms with Crippen molar-refractivity contribution >= 4 is 5.82 Å². The van der Waals surface area contributed by atoms with Gasteiger partial charge in [-0.3, -0.25) is 10.1 Å². The van der Waals surface area contributed by atoms with Gasteiger partial charge in [-0.2, -0.15) is 10.2 Å². The number of H-pyrrole nitrogens is 1. The fourth-order valence-corrected chi connectivity index (χ4v) is 2.06. The molecule has 3 aromatic heterocycles. The van der Waals surface area contributed by atoms with Crippen LogP contribution in [0.4, 0.5) is 5.82 Å². The lowest BCUT2D eigenvalue weighted by Gasteiger charge is -2.13. The summed E-state index contributed by atoms with van der Waals surface area (Å²) in [6.07, 6.45) is 7.18. The Morgan fingerprint density at radius 1 is 1.33 bits per heavy atom. The molecule has 1 atom stereocenters. The van der Waals surface area contributed by atoms with E-state index in [-0.39, 0.29) is 6.04 Å². The van der Waals surface area contributed by atoms with Crippen LogP contribution < -0.4 is 5.32 Å². The minimum atomic E-state index is 0.188. The van der Waals surface area contributed by atoms with Crippen molar-refractivity contribution in [2.45, 2.75) is 26.3 Å². The molecule has 0 saturated carbocycles. The van der Waals surface area contributed by atoms with Crippen LogP contribution >= 0.6 is 0 Å². The van der Waals surface area contributed by atoms with Gasteiger partial charge in [0.15, 0.2) is 5.82 Å². The lowest BCUT2D eigenvalue weighted by Crippen LogP contribution is -2.19. The quantitative estimate of drug-likeness (QED) is 0.729. The van der Waals surface area contributed by atoms with E-state index >= 15 is 0 Å². The first kappa shape index (κ1) is 13.2. The van der Waals surface area contributed by atoms with Crippen LogP contribution in [-0.2, 0) is 6.42 Å². The number of rotatable bonds is 5. The highest BCUT2D eigenvalue weighted by Crippen LogP contribution is 2.09. The van der Waals surface area contributed by atoms with Gasteiger partial charge in [-0.25, -0.2) is 14.6 Å². The van der Waals surface area contributed by atoms with Crippen molar-refractivity contribution in [2.75, 3.05) is 5.32 Å². The fourth-order valence-electron chi connectivity index (χ4n) is 2.06. The highest BCUT2D eigenvalue weighted by molar-refractivity contribution is 5.36. The van der Waals surface area contributed by atoms with Gasteiger partial charge in [0.1, 0.15) is 18.5 Å². The Morgan fingerprint density at radius 3 is 2.95 bits per heavy atom. The number of hydrogen-bond donors (Lipinski definition) is 2. The molecule has 2 N–H and O–H groups in total. The average molecular weight is 284 g/mol. The summed E-state index contributed by atoms with van der Waals surface area (Å²) in [5.74, 6) is 1.32. The zero-order valence-electron chi connectivity index (χ0n) is 11.9. The number of hydrogen-bond acceptors (Lipinski definition) is 6. The summed E-state index contributed by atoms with van der Waals surface area (Å²) in [7, 11) is 0. The summed E-state index contributed by atoms with van der Waals surface area (Å²) in [5, 5.41) is 14.5. The third-order valence-corrected chi connectivity index (χ3v) is 2.94. The Labute approximate surface area is 121 Å². The molecule has 8 nitrogen and oxygen atoms in total. The number of nitrogens with one attached hydrogen (secondary N) is 2. The van der Waals surface area contributed by atoms with Crippen molar-refractivity contribution < 1.29 is 0 Å². The highest BCUT2D eigenvalue weighted by atomic mass is 15.3. The number of aromatic nitrogens is 7. The Bertz CT molecular complexity index is 703. The van der Waals surface area contributed by atoms with E-state index in [1.807, 2.05) is 13.0 Å². The molecule has 3 aromatic rings. The molecule has 3 rings (SSSR count). The van der Waals surface area contributed by atoms with Gasteiger partial charge in [0.2, 0.25) is 0 Å². The standard InChI is InChI=1S/C13H16N8/c1-9(3-11-4-10(2)19-20-11)17-12-5-14-6-13(18-12)21-8-15-7-16-21/h4-9H,3H2,1-2H3,(H,17,18)(H,19,20). The van der Waals surface area contributed by atoms with Gasteiger partial charge in [0.05, 0.1) is 18.1 Å². The van der Waals surface area contributed by atoms with Gasteiger partial charge < -0.3 is 5.32 Å². The van der Waals surface area contributed by atoms with E-state index in [2.05, 4.69) is 42.5 Å². The normalized spacial score (nSPS) is 12.3. The number of aryl methyl sites for hydroxylation is 1. The molecule has 0 aliphatic rings. The average Bonchev–Trinajstić information content (AvgIpc) is 3.11. The summed E-state index contributed by atoms with van der Waals surface area (Å²) in [6, 6.07) is 2.23. The molecule has 0 amide bonds. The predicted octanol–water partition coefficient (Wildman–Crippen LogP) is 1.13. The van der Waals surface area contributed by atoms with Crippen molar-refractivity contribution in [2.24, 2.45) is 0 Å². The van der Waals surface area contributed by atoms with Gasteiger partial charge in [0, 0.05) is 18.2 Å². The van der Waals surface area contributed by atoms with Gasteiger partial charge in [-0.15, -0.1) is 0 Å². The molecular formula is C13H16N8. The SMILES string of the molecule is Cc1cc(CC(C)Nc2cncc(-n3cncn3)n2)n[nH]1. The van der Waals surface area contributed by atoms with Crippen molar-refractivity contribution in [1.29, 1.82) is 0 Å². The largest absolute Gasteiger partial charge is 0.366 e. The van der Waals surface area contributed by atoms with Crippen molar-refractivity contribution in [3.63, 3.8) is 0 Å². The highest BCUT2D eigenvalue weighted by Gasteiger charge is 2.08. The van der Waals surface area contributed by atoms with Crippen LogP contribution in [0, 0.1) is 6.92 Å². The van der Waals surface area contributed by atoms with Crippen LogP contribution in [0.1, 0.15) is 18.3 Å². The second kappa shape index (κ2) is 5.70. The molecular weight excluding hydrogens is 268 g/mol. The van der Waals surface area contributed by atoms with Crippen LogP contribution in [0.15, 0.2) is 31.1 Å². The first-order valence-corrected chi connectivity index (χ1v) is 6.65. The molecule has 3 heterocycles. The molecule has 0 aromatic carbocycles. The monoisotopic (exact) mass is 284 g/mol. The summed E-state index contributed by atoms with van der Waals surface area (Å²) in [4.78, 5) is 12.5. The minimum absolute atomic E-state index is 0.188. The Morgan fingerprint density at radius 2 is 2.24 bits per heavy atom. The minimum Gasteiger partial charge on any atom is -0.366 e. The van der Waals surface area contributed by atoms with E-state index in [1.54, 1.807) is 23.4 Å². The molecule has 21 heavy (non-hydrogen) atoms. The maximum Gasteiger partial charge on any atom is 0.175 e. The van der Waals surface area contributed by atoms with Crippen molar-refractivity contribution in [3.05, 3.63) is 42.5 Å². The van der Waals surface area contributed by atoms with E-state index in [4.69, 9.17) is 0 Å². The number of anilines is 1. The van der Waals surface area contributed by atoms with Crippen molar-refractivity contribution in [1.82, 2.24) is 34.9 Å². The number of nitrogens with zero attached hydrogens (tertiary/aromatic N) is 6. The first-order valence-electron chi connectivity index (χ1n) is 6.65. The van der Waals surface area contributed by atoms with Crippen LogP contribution in [0.3, 0.4) is 0 Å². The first-order chi connectivity index (χ1) is 10.2. The van der Waals surface area contributed by atoms with E-state index in [1.165, 1.54) is 6.33 Å². The topological polar surface area (TPSA) is 97.2 Å². The second-order valence-corrected chi connectivity index (χ2v) is 4.89. The number of aromatic amines is 1. The maximum absolute atomic E-state index is 4.46. The smallest absolute Gasteiger partial charge is 0.175 e. The van der Waals surface area contributed by atoms with E-state index in [9.17, 15) is 0 Å². The third-order valence-electron chi connectivity index (χ3n) is 2.94. The van der Waals surface area contributed by atoms with Gasteiger partial charge in [-0.1, -0.05) is 0 Å². The van der Waals surface area contributed by atoms with E-state index in [0.717, 1.165) is 17.8 Å². The Kier molecular flexibility index (Phi) is 3.59. The summed E-state index contributed by atoms with van der Waals surface area (Å²) >= 11 is 0. The lowest BCUT2D eigenvalue weighted by atomic mass is 10.2. The Hall–Kier alpha value is -2.77. The summed E-state index contributed by atoms with van der Waals surface area (Å²) in [5.41, 5.74) is 2.08. The molecule has 8 heteroatoms. The molecule has 0 spiro atoms. The molecule has 1 unspecified atom stereocenters. The van der Waals surface area contributed by atoms with Crippen LogP contribution in [0.25, 0.3) is 5.82 Å². The van der Waals surface area contributed by atoms with Crippen LogP contribution in [-0.4, -0.2) is 41.0 Å². The molecule has 0 aliphatic carbocycles. The second-order valence-electron chi connectivity index (χ2n) is 4.89. The van der Waals surface area contributed by atoms with Crippen LogP contribution in [0.5, 0.6) is 0 Å². The molecule has 0 saturated heterocycles. The molecule has 0 aliphatic heterocycles. The fraction of sp³-hybridized carbons (Fsp3) is 0.308. The Balaban J connectivity index is 1.68. The van der Waals surface area contributed by atoms with Crippen molar-refractivity contribution in [3.8, 4) is 5.82 Å². The zero-order chi connectivity index (χ0) is 14.7. The van der Waals surface area contributed by atoms with Gasteiger partial charge in [0.25, 0.3) is 0 Å². The molecule has 0 fully saturated rings. The van der Waals surface area contributed by atoms with E-state index < -0.39 is 0 Å². The van der Waals surface area contributed by atoms with Gasteiger partial charge >= 0.3 is 0 Å². The van der Waals surface area contributed by atoms with Gasteiger partial charge in [-0.05, 0) is 19.9 Å². The van der Waals surface area contributed by atoms with Crippen LogP contribution in [0.2, 0.25) is 0 Å². The molecule has 108 valence electrons. The molecule has 0 radical (unpaired) electrons. The molecule has 0 bridgehead atoms. The zero-order valence-corrected chi connectivity index (χ0v) is 11.9. The maximum atomic E-state index is 4.46. The third kappa shape index (κ3) is 3.22. The summed E-state index contributed by atoms with van der Waals surface area (Å²) < 4.78 is 1.57.